The lowest BCUT2D eigenvalue weighted by Crippen LogP contribution is -2.57. The first kappa shape index (κ1) is 20.0. The van der Waals surface area contributed by atoms with E-state index >= 15 is 0 Å². The van der Waals surface area contributed by atoms with Crippen LogP contribution in [-0.2, 0) is 4.74 Å². The fourth-order valence-electron chi connectivity index (χ4n) is 4.67. The van der Waals surface area contributed by atoms with Gasteiger partial charge in [-0.2, -0.15) is 0 Å². The summed E-state index contributed by atoms with van der Waals surface area (Å²) in [6, 6.07) is 12.2. The summed E-state index contributed by atoms with van der Waals surface area (Å²) in [7, 11) is 0. The van der Waals surface area contributed by atoms with Gasteiger partial charge in [-0.1, -0.05) is 17.8 Å². The molecule has 4 fully saturated rings. The predicted octanol–water partition coefficient (Wildman–Crippen LogP) is 2.72. The number of amides is 1. The summed E-state index contributed by atoms with van der Waals surface area (Å²) in [6.45, 7) is 5.76. The van der Waals surface area contributed by atoms with Crippen LogP contribution in [0.15, 0.2) is 52.5 Å². The van der Waals surface area contributed by atoms with Crippen molar-refractivity contribution in [2.24, 2.45) is 5.92 Å². The number of nitrogens with one attached hydrogen (secondary N) is 2. The van der Waals surface area contributed by atoms with Gasteiger partial charge in [0, 0.05) is 47.9 Å². The van der Waals surface area contributed by atoms with Crippen molar-refractivity contribution in [3.8, 4) is 0 Å². The van der Waals surface area contributed by atoms with Gasteiger partial charge in [0.2, 0.25) is 0 Å². The quantitative estimate of drug-likeness (QED) is 0.769. The maximum absolute atomic E-state index is 12.7. The fraction of sp³-hybridized carbons (Fsp3) is 0.478. The van der Waals surface area contributed by atoms with E-state index < -0.39 is 0 Å². The van der Waals surface area contributed by atoms with Gasteiger partial charge in [-0.05, 0) is 62.2 Å². The van der Waals surface area contributed by atoms with Crippen LogP contribution in [0.25, 0.3) is 0 Å². The largest absolute Gasteiger partial charge is 0.371 e. The van der Waals surface area contributed by atoms with Crippen LogP contribution in [0.3, 0.4) is 0 Å². The zero-order chi connectivity index (χ0) is 20.3. The summed E-state index contributed by atoms with van der Waals surface area (Å²) in [6.07, 6.45) is 4.25. The number of hydrogen-bond donors (Lipinski definition) is 2. The van der Waals surface area contributed by atoms with Gasteiger partial charge in [-0.3, -0.25) is 4.79 Å². The molecule has 1 amide bonds. The molecule has 2 bridgehead atoms. The van der Waals surface area contributed by atoms with Crippen molar-refractivity contribution < 1.29 is 9.53 Å². The fourth-order valence-corrected chi connectivity index (χ4v) is 5.59. The van der Waals surface area contributed by atoms with E-state index in [2.05, 4.69) is 26.6 Å². The Bertz CT molecular complexity index is 877. The number of hydrogen-bond acceptors (Lipinski definition) is 6. The van der Waals surface area contributed by atoms with E-state index in [0.29, 0.717) is 12.5 Å². The summed E-state index contributed by atoms with van der Waals surface area (Å²) >= 11 is 1.62. The van der Waals surface area contributed by atoms with Crippen molar-refractivity contribution in [2.45, 2.75) is 34.9 Å². The molecule has 5 heterocycles. The maximum Gasteiger partial charge on any atom is 0.251 e. The Morgan fingerprint density at radius 1 is 1.20 bits per heavy atom. The zero-order valence-corrected chi connectivity index (χ0v) is 17.9. The Kier molecular flexibility index (Phi) is 6.04. The van der Waals surface area contributed by atoms with Crippen molar-refractivity contribution in [1.29, 1.82) is 0 Å². The molecular weight excluding hydrogens is 396 g/mol. The maximum atomic E-state index is 12.7. The van der Waals surface area contributed by atoms with Crippen molar-refractivity contribution in [2.75, 3.05) is 39.3 Å². The number of piperidine rings is 3. The summed E-state index contributed by atoms with van der Waals surface area (Å²) in [4.78, 5) is 20.9. The van der Waals surface area contributed by atoms with E-state index in [9.17, 15) is 4.79 Å². The molecule has 2 atom stereocenters. The second kappa shape index (κ2) is 9.06. The standard InChI is InChI=1S/C23H28N4O2S/c28-22(26-20-15-27-11-7-16(20)8-12-27)17-3-5-18(6-4-17)30-23-19(2-1-9-25-23)21-14-24-10-13-29-21/h1-6,9,16,20-21,24H,7-8,10-15H2,(H,26,28)/t20-,21?/m0/s1. The van der Waals surface area contributed by atoms with Crippen molar-refractivity contribution in [3.63, 3.8) is 0 Å². The van der Waals surface area contributed by atoms with Gasteiger partial charge >= 0.3 is 0 Å². The Labute approximate surface area is 181 Å². The predicted molar refractivity (Wildman–Crippen MR) is 117 cm³/mol. The number of aromatic nitrogens is 1. The summed E-state index contributed by atoms with van der Waals surface area (Å²) in [5, 5.41) is 7.60. The highest BCUT2D eigenvalue weighted by molar-refractivity contribution is 7.99. The number of ether oxygens (including phenoxy) is 1. The monoisotopic (exact) mass is 424 g/mol. The van der Waals surface area contributed by atoms with Gasteiger partial charge < -0.3 is 20.3 Å². The van der Waals surface area contributed by atoms with E-state index in [1.54, 1.807) is 11.8 Å². The van der Waals surface area contributed by atoms with Crippen LogP contribution in [0, 0.1) is 5.92 Å². The van der Waals surface area contributed by atoms with Crippen LogP contribution in [0.1, 0.15) is 34.9 Å². The van der Waals surface area contributed by atoms with E-state index in [-0.39, 0.29) is 18.1 Å². The third-order valence-corrected chi connectivity index (χ3v) is 7.42. The highest BCUT2D eigenvalue weighted by Crippen LogP contribution is 2.33. The molecule has 1 aromatic carbocycles. The third kappa shape index (κ3) is 4.39. The van der Waals surface area contributed by atoms with E-state index in [0.717, 1.165) is 40.7 Å². The van der Waals surface area contributed by atoms with Crippen LogP contribution in [0.2, 0.25) is 0 Å². The molecule has 4 saturated heterocycles. The minimum absolute atomic E-state index is 0.0292. The van der Waals surface area contributed by atoms with Gasteiger partial charge in [0.15, 0.2) is 0 Å². The molecule has 0 spiro atoms. The summed E-state index contributed by atoms with van der Waals surface area (Å²) in [5.74, 6) is 0.665. The molecule has 158 valence electrons. The molecular formula is C23H28N4O2S. The molecule has 2 aromatic rings. The van der Waals surface area contributed by atoms with Crippen molar-refractivity contribution >= 4 is 17.7 Å². The summed E-state index contributed by atoms with van der Waals surface area (Å²) in [5.41, 5.74) is 1.83. The molecule has 0 saturated carbocycles. The minimum Gasteiger partial charge on any atom is -0.371 e. The second-order valence-corrected chi connectivity index (χ2v) is 9.37. The number of pyridine rings is 1. The van der Waals surface area contributed by atoms with Gasteiger partial charge in [-0.25, -0.2) is 4.98 Å². The highest BCUT2D eigenvalue weighted by atomic mass is 32.2. The number of carbonyl (C=O) groups excluding carboxylic acids is 1. The van der Waals surface area contributed by atoms with E-state index in [1.165, 1.54) is 25.9 Å². The molecule has 6 rings (SSSR count). The topological polar surface area (TPSA) is 66.5 Å². The highest BCUT2D eigenvalue weighted by Gasteiger charge is 2.34. The molecule has 2 N–H and O–H groups in total. The SMILES string of the molecule is O=C(N[C@H]1CN2CCC1CC2)c1ccc(Sc2ncccc2C2CNCCO2)cc1. The number of rotatable bonds is 5. The Morgan fingerprint density at radius 3 is 2.73 bits per heavy atom. The van der Waals surface area contributed by atoms with Gasteiger partial charge in [0.05, 0.1) is 12.7 Å². The number of benzene rings is 1. The Balaban J connectivity index is 1.24. The summed E-state index contributed by atoms with van der Waals surface area (Å²) < 4.78 is 5.91. The van der Waals surface area contributed by atoms with Gasteiger partial charge in [0.25, 0.3) is 5.91 Å². The third-order valence-electron chi connectivity index (χ3n) is 6.38. The lowest BCUT2D eigenvalue weighted by Gasteiger charge is -2.44. The van der Waals surface area contributed by atoms with Crippen LogP contribution in [0.4, 0.5) is 0 Å². The number of fused-ring (bicyclic) bond motifs is 3. The van der Waals surface area contributed by atoms with Crippen molar-refractivity contribution in [3.05, 3.63) is 53.7 Å². The van der Waals surface area contributed by atoms with Crippen LogP contribution in [-0.4, -0.2) is 61.2 Å². The molecule has 1 aromatic heterocycles. The first-order chi connectivity index (χ1) is 14.8. The second-order valence-electron chi connectivity index (χ2n) is 8.31. The molecule has 0 radical (unpaired) electrons. The number of nitrogens with zero attached hydrogens (tertiary/aromatic N) is 2. The molecule has 4 aliphatic heterocycles. The first-order valence-corrected chi connectivity index (χ1v) is 11.7. The lowest BCUT2D eigenvalue weighted by atomic mass is 9.84. The van der Waals surface area contributed by atoms with Crippen LogP contribution in [0.5, 0.6) is 0 Å². The molecule has 6 nitrogen and oxygen atoms in total. The lowest BCUT2D eigenvalue weighted by molar-refractivity contribution is 0.0257. The molecule has 1 unspecified atom stereocenters. The Morgan fingerprint density at radius 2 is 2.03 bits per heavy atom. The molecule has 4 aliphatic rings. The average molecular weight is 425 g/mol. The normalized spacial score (nSPS) is 28.3. The van der Waals surface area contributed by atoms with Crippen LogP contribution >= 0.6 is 11.8 Å². The Hall–Kier alpha value is -1.93. The average Bonchev–Trinajstić information content (AvgIpc) is 2.81. The van der Waals surface area contributed by atoms with E-state index in [4.69, 9.17) is 4.74 Å². The molecule has 0 aliphatic carbocycles. The number of morpholine rings is 1. The smallest absolute Gasteiger partial charge is 0.251 e. The minimum atomic E-state index is 0.0292. The van der Waals surface area contributed by atoms with Gasteiger partial charge in [0.1, 0.15) is 5.03 Å². The molecule has 30 heavy (non-hydrogen) atoms. The molecule has 7 heteroatoms. The first-order valence-electron chi connectivity index (χ1n) is 10.8. The van der Waals surface area contributed by atoms with Gasteiger partial charge in [-0.15, -0.1) is 0 Å². The van der Waals surface area contributed by atoms with Crippen molar-refractivity contribution in [1.82, 2.24) is 20.5 Å². The zero-order valence-electron chi connectivity index (χ0n) is 17.0. The number of carbonyl (C=O) groups is 1. The van der Waals surface area contributed by atoms with E-state index in [1.807, 2.05) is 36.5 Å². The van der Waals surface area contributed by atoms with Crippen LogP contribution < -0.4 is 10.6 Å².